The van der Waals surface area contributed by atoms with Crippen molar-refractivity contribution in [2.24, 2.45) is 0 Å². The fourth-order valence-corrected chi connectivity index (χ4v) is 2.04. The molecule has 0 aromatic heterocycles. The van der Waals surface area contributed by atoms with Gasteiger partial charge in [0, 0.05) is 0 Å². The van der Waals surface area contributed by atoms with Crippen LogP contribution >= 0.6 is 0 Å². The summed E-state index contributed by atoms with van der Waals surface area (Å²) in [4.78, 5) is 49.9. The van der Waals surface area contributed by atoms with E-state index in [1.807, 2.05) is 0 Å². The molecule has 21 heavy (non-hydrogen) atoms. The van der Waals surface area contributed by atoms with Gasteiger partial charge in [-0.2, -0.15) is 0 Å². The Morgan fingerprint density at radius 2 is 0.810 bits per heavy atom. The molecule has 0 aromatic carbocycles. The molecule has 0 bridgehead atoms. The molecule has 0 aliphatic heterocycles. The number of carbonyl (C=O) groups excluding carboxylic acids is 5. The van der Waals surface area contributed by atoms with Gasteiger partial charge in [0.15, 0.2) is 0 Å². The third-order valence-corrected chi connectivity index (χ3v) is 6.12. The molecule has 8 heteroatoms. The van der Waals surface area contributed by atoms with E-state index in [1.165, 1.54) is 30.7 Å². The van der Waals surface area contributed by atoms with Crippen LogP contribution in [-0.2, 0) is 33.8 Å². The van der Waals surface area contributed by atoms with Gasteiger partial charge in [-0.05, 0) is 27.7 Å². The minimum absolute atomic E-state index is 0. The third-order valence-electron chi connectivity index (χ3n) is 3.52. The minimum Gasteiger partial charge on any atom is -1.00 e. The molecule has 6 nitrogen and oxygen atoms in total. The van der Waals surface area contributed by atoms with Crippen molar-refractivity contribution >= 4 is 23.7 Å². The largest absolute Gasteiger partial charge is 1.00 e. The number of hydrogen-bond acceptors (Lipinski definition) is 5. The van der Waals surface area contributed by atoms with E-state index in [0.717, 1.165) is 23.7 Å². The molecule has 0 heterocycles. The van der Waals surface area contributed by atoms with Gasteiger partial charge in [-0.3, -0.25) is 0 Å². The van der Waals surface area contributed by atoms with Gasteiger partial charge < -0.3 is 28.5 Å². The Bertz CT molecular complexity index is 698. The molecule has 0 saturated carbocycles. The van der Waals surface area contributed by atoms with E-state index >= 15 is 0 Å². The molecule has 0 spiro atoms. The summed E-state index contributed by atoms with van der Waals surface area (Å²) in [5.74, 6) is 0. The Hall–Kier alpha value is -0.878. The fourth-order valence-electron chi connectivity index (χ4n) is 1.51. The molecule has 0 atom stereocenters. The zero-order valence-corrected chi connectivity index (χ0v) is 16.0. The van der Waals surface area contributed by atoms with Crippen molar-refractivity contribution in [2.75, 3.05) is 26.2 Å². The third kappa shape index (κ3) is 5.79. The quantitative estimate of drug-likeness (QED) is 0.336. The van der Waals surface area contributed by atoms with E-state index in [2.05, 4.69) is 27.7 Å². The molecule has 0 radical (unpaired) electrons. The maximum Gasteiger partial charge on any atom is -1.00 e. The summed E-state index contributed by atoms with van der Waals surface area (Å²) in [6.45, 7) is 14.2. The molecule has 0 saturated heterocycles. The Kier molecular flexibility index (Phi) is 12.9. The first-order chi connectivity index (χ1) is 9.36. The molecule has 0 aliphatic rings. The number of halogens is 1. The Morgan fingerprint density at radius 1 is 0.619 bits per heavy atom. The molecule has 0 aliphatic carbocycles. The summed E-state index contributed by atoms with van der Waals surface area (Å²) in [5, 5.41) is 0. The van der Waals surface area contributed by atoms with Crippen LogP contribution in [-0.4, -0.2) is 54.4 Å². The van der Waals surface area contributed by atoms with Crippen LogP contribution in [0.5, 0.6) is 0 Å². The van der Waals surface area contributed by atoms with E-state index < -0.39 is 9.81 Å². The molecule has 0 N–H and O–H groups in total. The molecule has 0 fully saturated rings. The van der Waals surface area contributed by atoms with Crippen LogP contribution in [0.4, 0.5) is 0 Å². The SMILES string of the molecule is CC[N+](CC)(CC)CC.O=[C]=[Cr](=[C]=O)(=[C]=O)(=[C]=O)=[C]=O.[I-]. The van der Waals surface area contributed by atoms with Gasteiger partial charge in [0.2, 0.25) is 0 Å². The van der Waals surface area contributed by atoms with E-state index in [0.29, 0.717) is 0 Å². The molecule has 0 rings (SSSR count). The Balaban J connectivity index is -0.000000300. The van der Waals surface area contributed by atoms with Crippen LogP contribution < -0.4 is 24.0 Å². The van der Waals surface area contributed by atoms with Crippen molar-refractivity contribution in [1.29, 1.82) is 0 Å². The summed E-state index contributed by atoms with van der Waals surface area (Å²) in [5.41, 5.74) is 0. The number of hydrogen-bond donors (Lipinski definition) is 0. The topological polar surface area (TPSA) is 85.3 Å². The van der Waals surface area contributed by atoms with Gasteiger partial charge in [-0.15, -0.1) is 0 Å². The maximum absolute atomic E-state index is 9.97. The summed E-state index contributed by atoms with van der Waals surface area (Å²) in [6, 6.07) is 0. The van der Waals surface area contributed by atoms with E-state index in [4.69, 9.17) is 0 Å². The monoisotopic (exact) mass is 449 g/mol. The average Bonchev–Trinajstić information content (AvgIpc) is 2.55. The molecular formula is C13H20CrINO5. The molecule has 0 aromatic rings. The smallest absolute Gasteiger partial charge is 1.00 e. The summed E-state index contributed by atoms with van der Waals surface area (Å²) in [7, 11) is -5.61. The first-order valence-corrected chi connectivity index (χ1v) is 9.32. The normalized spacial score (nSPS) is 8.95. The van der Waals surface area contributed by atoms with E-state index in [-0.39, 0.29) is 24.0 Å². The number of rotatable bonds is 4. The van der Waals surface area contributed by atoms with Crippen molar-refractivity contribution in [3.05, 3.63) is 0 Å². The summed E-state index contributed by atoms with van der Waals surface area (Å²) < 4.78 is 5.03. The summed E-state index contributed by atoms with van der Waals surface area (Å²) in [6.07, 6.45) is 0. The zero-order valence-electron chi connectivity index (χ0n) is 12.6. The van der Waals surface area contributed by atoms with Crippen molar-refractivity contribution < 1.29 is 62.2 Å². The second-order valence-electron chi connectivity index (χ2n) is 4.04. The summed E-state index contributed by atoms with van der Waals surface area (Å²) >= 11 is 0. The van der Waals surface area contributed by atoms with Crippen LogP contribution in [0.25, 0.3) is 0 Å². The first-order valence-electron chi connectivity index (χ1n) is 6.13. The van der Waals surface area contributed by atoms with Gasteiger partial charge in [-0.1, -0.05) is 0 Å². The Morgan fingerprint density at radius 3 is 0.810 bits per heavy atom. The van der Waals surface area contributed by atoms with E-state index in [1.54, 1.807) is 0 Å². The van der Waals surface area contributed by atoms with Gasteiger partial charge in [-0.25, -0.2) is 0 Å². The van der Waals surface area contributed by atoms with Crippen molar-refractivity contribution in [3.63, 3.8) is 0 Å². The standard InChI is InChI=1S/C8H20N.5CO.Cr.HI/c1-5-9(6-2,7-3)8-4;5*1-2;;/h5-8H2,1-4H3;;;;;;;1H/q+1;;;;;;;/p-1. The predicted octanol–water partition coefficient (Wildman–Crippen LogP) is -3.10. The van der Waals surface area contributed by atoms with Gasteiger partial charge in [0.1, 0.15) is 0 Å². The molecule has 0 amide bonds. The van der Waals surface area contributed by atoms with Crippen LogP contribution in [0.1, 0.15) is 27.7 Å². The zero-order chi connectivity index (χ0) is 16.3. The number of quaternary nitrogens is 1. The van der Waals surface area contributed by atoms with Crippen LogP contribution in [0.15, 0.2) is 0 Å². The van der Waals surface area contributed by atoms with E-state index in [9.17, 15) is 24.0 Å². The second-order valence-corrected chi connectivity index (χ2v) is 8.53. The van der Waals surface area contributed by atoms with Gasteiger partial charge >= 0.3 is 57.5 Å². The molecule has 0 unspecified atom stereocenters. The first kappa shape index (κ1) is 25.1. The minimum atomic E-state index is -5.61. The van der Waals surface area contributed by atoms with Crippen molar-refractivity contribution in [3.8, 4) is 0 Å². The predicted molar refractivity (Wildman–Crippen MR) is 70.9 cm³/mol. The molecular weight excluding hydrogens is 429 g/mol. The average molecular weight is 449 g/mol. The van der Waals surface area contributed by atoms with Crippen LogP contribution in [0.2, 0.25) is 0 Å². The second kappa shape index (κ2) is 10.8. The molecule has 120 valence electrons. The number of nitrogens with zero attached hydrogens (tertiary/aromatic N) is 1. The van der Waals surface area contributed by atoms with Crippen molar-refractivity contribution in [2.45, 2.75) is 27.7 Å². The van der Waals surface area contributed by atoms with Gasteiger partial charge in [0.05, 0.1) is 26.2 Å². The Labute approximate surface area is 139 Å². The fraction of sp³-hybridized carbons (Fsp3) is 0.615. The van der Waals surface area contributed by atoms with Crippen LogP contribution in [0, 0.1) is 0 Å². The van der Waals surface area contributed by atoms with Gasteiger partial charge in [0.25, 0.3) is 0 Å². The van der Waals surface area contributed by atoms with Crippen LogP contribution in [0.3, 0.4) is 0 Å². The van der Waals surface area contributed by atoms with Crippen molar-refractivity contribution in [1.82, 2.24) is 0 Å². The maximum atomic E-state index is 9.97.